The fraction of sp³-hybridized carbons (Fsp3) is 0.300. The molecule has 2 aromatic heterocycles. The van der Waals surface area contributed by atoms with Crippen LogP contribution in [0.1, 0.15) is 23.3 Å². The van der Waals surface area contributed by atoms with E-state index in [0.29, 0.717) is 13.0 Å². The van der Waals surface area contributed by atoms with Crippen LogP contribution in [0.25, 0.3) is 0 Å². The van der Waals surface area contributed by atoms with Crippen LogP contribution in [0.4, 0.5) is 11.5 Å². The molecule has 0 fully saturated rings. The first-order valence-corrected chi connectivity index (χ1v) is 9.60. The lowest BCUT2D eigenvalue weighted by Gasteiger charge is -2.13. The number of hydrogen-bond donors (Lipinski definition) is 1. The van der Waals surface area contributed by atoms with Crippen molar-refractivity contribution in [2.24, 2.45) is 0 Å². The van der Waals surface area contributed by atoms with E-state index >= 15 is 0 Å². The minimum absolute atomic E-state index is 0.0336. The van der Waals surface area contributed by atoms with Gasteiger partial charge in [0.2, 0.25) is 5.91 Å². The third-order valence-electron chi connectivity index (χ3n) is 4.18. The molecule has 0 aliphatic heterocycles. The minimum Gasteiger partial charge on any atom is -0.378 e. The molecule has 0 spiro atoms. The molecule has 1 aromatic carbocycles. The highest BCUT2D eigenvalue weighted by molar-refractivity contribution is 7.09. The SMILES string of the molecule is CN(C)c1ccc(Cn2nccc2NC(=O)CCCc2cccs2)cc1. The van der Waals surface area contributed by atoms with Crippen LogP contribution in [0.15, 0.2) is 54.0 Å². The van der Waals surface area contributed by atoms with Gasteiger partial charge in [0.1, 0.15) is 5.82 Å². The standard InChI is InChI=1S/C20H24N4OS/c1-23(2)17-10-8-16(9-11-17)15-24-19(12-13-21-24)22-20(25)7-3-5-18-6-4-14-26-18/h4,6,8-14H,3,5,7,15H2,1-2H3,(H,22,25). The summed E-state index contributed by atoms with van der Waals surface area (Å²) < 4.78 is 1.82. The van der Waals surface area contributed by atoms with E-state index in [1.807, 2.05) is 30.9 Å². The van der Waals surface area contributed by atoms with Gasteiger partial charge in [0, 0.05) is 37.1 Å². The molecular weight excluding hydrogens is 344 g/mol. The summed E-state index contributed by atoms with van der Waals surface area (Å²) in [5.74, 6) is 0.772. The molecule has 5 nitrogen and oxygen atoms in total. The van der Waals surface area contributed by atoms with Gasteiger partial charge < -0.3 is 10.2 Å². The molecule has 0 aliphatic rings. The number of aryl methyl sites for hydroxylation is 1. The summed E-state index contributed by atoms with van der Waals surface area (Å²) in [6, 6.07) is 14.3. The molecule has 0 saturated carbocycles. The van der Waals surface area contributed by atoms with E-state index in [9.17, 15) is 4.79 Å². The predicted molar refractivity (Wildman–Crippen MR) is 108 cm³/mol. The first kappa shape index (κ1) is 18.2. The van der Waals surface area contributed by atoms with Gasteiger partial charge in [0.15, 0.2) is 0 Å². The smallest absolute Gasteiger partial charge is 0.225 e. The molecule has 0 radical (unpaired) electrons. The third kappa shape index (κ3) is 4.95. The van der Waals surface area contributed by atoms with E-state index in [-0.39, 0.29) is 5.91 Å². The number of benzene rings is 1. The van der Waals surface area contributed by atoms with E-state index in [1.54, 1.807) is 17.5 Å². The molecule has 3 rings (SSSR count). The predicted octanol–water partition coefficient (Wildman–Crippen LogP) is 4.02. The van der Waals surface area contributed by atoms with Gasteiger partial charge in [0.25, 0.3) is 0 Å². The molecule has 3 aromatic rings. The summed E-state index contributed by atoms with van der Waals surface area (Å²) in [5, 5.41) is 9.38. The Labute approximate surface area is 158 Å². The molecule has 1 N–H and O–H groups in total. The molecule has 0 bridgehead atoms. The fourth-order valence-electron chi connectivity index (χ4n) is 2.72. The quantitative estimate of drug-likeness (QED) is 0.653. The number of rotatable bonds is 8. The Bertz CT molecular complexity index is 822. The van der Waals surface area contributed by atoms with Crippen molar-refractivity contribution in [2.45, 2.75) is 25.8 Å². The van der Waals surface area contributed by atoms with Crippen LogP contribution in [0, 0.1) is 0 Å². The van der Waals surface area contributed by atoms with Crippen molar-refractivity contribution in [3.05, 3.63) is 64.5 Å². The van der Waals surface area contributed by atoms with Gasteiger partial charge in [-0.2, -0.15) is 5.10 Å². The van der Waals surface area contributed by atoms with Crippen molar-refractivity contribution in [3.63, 3.8) is 0 Å². The Balaban J connectivity index is 1.53. The Hall–Kier alpha value is -2.60. The minimum atomic E-state index is 0.0336. The van der Waals surface area contributed by atoms with Crippen LogP contribution in [-0.4, -0.2) is 29.8 Å². The van der Waals surface area contributed by atoms with Crippen molar-refractivity contribution < 1.29 is 4.79 Å². The lowest BCUT2D eigenvalue weighted by molar-refractivity contribution is -0.116. The summed E-state index contributed by atoms with van der Waals surface area (Å²) in [6.07, 6.45) is 4.03. The molecule has 0 aliphatic carbocycles. The van der Waals surface area contributed by atoms with Crippen LogP contribution in [0.2, 0.25) is 0 Å². The van der Waals surface area contributed by atoms with E-state index in [4.69, 9.17) is 0 Å². The summed E-state index contributed by atoms with van der Waals surface area (Å²) in [7, 11) is 4.04. The monoisotopic (exact) mass is 368 g/mol. The first-order valence-electron chi connectivity index (χ1n) is 8.72. The lowest BCUT2D eigenvalue weighted by atomic mass is 10.2. The van der Waals surface area contributed by atoms with Crippen molar-refractivity contribution in [3.8, 4) is 0 Å². The number of thiophene rings is 1. The zero-order valence-corrected chi connectivity index (χ0v) is 16.0. The van der Waals surface area contributed by atoms with Crippen LogP contribution < -0.4 is 10.2 Å². The summed E-state index contributed by atoms with van der Waals surface area (Å²) in [6.45, 7) is 0.630. The molecule has 0 atom stereocenters. The third-order valence-corrected chi connectivity index (χ3v) is 5.11. The maximum absolute atomic E-state index is 12.2. The normalized spacial score (nSPS) is 10.7. The lowest BCUT2D eigenvalue weighted by Crippen LogP contribution is -2.16. The maximum atomic E-state index is 12.2. The van der Waals surface area contributed by atoms with Gasteiger partial charge in [0.05, 0.1) is 12.7 Å². The van der Waals surface area contributed by atoms with Crippen LogP contribution in [0.3, 0.4) is 0 Å². The van der Waals surface area contributed by atoms with Crippen LogP contribution in [-0.2, 0) is 17.8 Å². The maximum Gasteiger partial charge on any atom is 0.225 e. The first-order chi connectivity index (χ1) is 12.6. The number of carbonyl (C=O) groups excluding carboxylic acids is 1. The van der Waals surface area contributed by atoms with E-state index in [0.717, 1.165) is 29.9 Å². The van der Waals surface area contributed by atoms with Gasteiger partial charge >= 0.3 is 0 Å². The second-order valence-electron chi connectivity index (χ2n) is 6.42. The topological polar surface area (TPSA) is 50.2 Å². The number of amides is 1. The summed E-state index contributed by atoms with van der Waals surface area (Å²) >= 11 is 1.74. The van der Waals surface area contributed by atoms with Crippen molar-refractivity contribution in [1.82, 2.24) is 9.78 Å². The number of aromatic nitrogens is 2. The average Bonchev–Trinajstić information content (AvgIpc) is 3.28. The van der Waals surface area contributed by atoms with Crippen molar-refractivity contribution >= 4 is 28.7 Å². The molecular formula is C20H24N4OS. The van der Waals surface area contributed by atoms with Crippen LogP contribution >= 0.6 is 11.3 Å². The van der Waals surface area contributed by atoms with Gasteiger partial charge in [-0.15, -0.1) is 11.3 Å². The number of carbonyl (C=O) groups is 1. The number of hydrogen-bond acceptors (Lipinski definition) is 4. The van der Waals surface area contributed by atoms with E-state index in [2.05, 4.69) is 51.0 Å². The molecule has 0 unspecified atom stereocenters. The Morgan fingerprint density at radius 1 is 1.19 bits per heavy atom. The van der Waals surface area contributed by atoms with Crippen molar-refractivity contribution in [2.75, 3.05) is 24.3 Å². The molecule has 26 heavy (non-hydrogen) atoms. The molecule has 1 amide bonds. The van der Waals surface area contributed by atoms with Crippen molar-refractivity contribution in [1.29, 1.82) is 0 Å². The highest BCUT2D eigenvalue weighted by atomic mass is 32.1. The Morgan fingerprint density at radius 3 is 2.69 bits per heavy atom. The molecule has 0 saturated heterocycles. The number of nitrogens with zero attached hydrogens (tertiary/aromatic N) is 3. The second kappa shape index (κ2) is 8.67. The molecule has 2 heterocycles. The van der Waals surface area contributed by atoms with Gasteiger partial charge in [-0.1, -0.05) is 18.2 Å². The van der Waals surface area contributed by atoms with Crippen LogP contribution in [0.5, 0.6) is 0 Å². The number of anilines is 2. The van der Waals surface area contributed by atoms with Gasteiger partial charge in [-0.3, -0.25) is 4.79 Å². The van der Waals surface area contributed by atoms with E-state index in [1.165, 1.54) is 4.88 Å². The number of nitrogens with one attached hydrogen (secondary N) is 1. The van der Waals surface area contributed by atoms with Gasteiger partial charge in [-0.05, 0) is 42.0 Å². The van der Waals surface area contributed by atoms with Gasteiger partial charge in [-0.25, -0.2) is 4.68 Å². The molecule has 136 valence electrons. The second-order valence-corrected chi connectivity index (χ2v) is 7.45. The average molecular weight is 369 g/mol. The summed E-state index contributed by atoms with van der Waals surface area (Å²) in [5.41, 5.74) is 2.31. The molecule has 6 heteroatoms. The highest BCUT2D eigenvalue weighted by Gasteiger charge is 2.08. The summed E-state index contributed by atoms with van der Waals surface area (Å²) in [4.78, 5) is 15.6. The highest BCUT2D eigenvalue weighted by Crippen LogP contribution is 2.16. The van der Waals surface area contributed by atoms with E-state index < -0.39 is 0 Å². The Morgan fingerprint density at radius 2 is 2.00 bits per heavy atom. The zero-order chi connectivity index (χ0) is 18.4. The Kier molecular flexibility index (Phi) is 6.07. The zero-order valence-electron chi connectivity index (χ0n) is 15.2. The fourth-order valence-corrected chi connectivity index (χ4v) is 3.47. The largest absolute Gasteiger partial charge is 0.378 e.